The Morgan fingerprint density at radius 3 is 2.53 bits per heavy atom. The summed E-state index contributed by atoms with van der Waals surface area (Å²) >= 11 is 0. The molecule has 1 aliphatic carbocycles. The quantitative estimate of drug-likeness (QED) is 0.322. The zero-order valence-corrected chi connectivity index (χ0v) is 29.9. The van der Waals surface area contributed by atoms with Crippen LogP contribution in [-0.2, 0) is 29.6 Å². The highest BCUT2D eigenvalue weighted by Gasteiger charge is 2.42. The minimum absolute atomic E-state index is 0.121. The van der Waals surface area contributed by atoms with Crippen LogP contribution in [0, 0.1) is 0 Å². The van der Waals surface area contributed by atoms with Crippen LogP contribution >= 0.6 is 0 Å². The van der Waals surface area contributed by atoms with Crippen molar-refractivity contribution >= 4 is 17.2 Å². The minimum atomic E-state index is -0.221. The van der Waals surface area contributed by atoms with E-state index in [9.17, 15) is 4.79 Å². The number of benzene rings is 3. The fraction of sp³-hybridized carbons (Fsp3) is 0.524. The van der Waals surface area contributed by atoms with E-state index in [0.717, 1.165) is 38.9 Å². The smallest absolute Gasteiger partial charge is 0.217 e. The van der Waals surface area contributed by atoms with Crippen molar-refractivity contribution in [3.8, 4) is 0 Å². The van der Waals surface area contributed by atoms with Crippen LogP contribution in [0.1, 0.15) is 124 Å². The number of fused-ring (bicyclic) bond motifs is 4. The van der Waals surface area contributed by atoms with E-state index in [4.69, 9.17) is 5.73 Å². The van der Waals surface area contributed by atoms with Crippen molar-refractivity contribution in [1.82, 2.24) is 9.48 Å². The lowest BCUT2D eigenvalue weighted by Crippen LogP contribution is -2.50. The first kappa shape index (κ1) is 32.1. The highest BCUT2D eigenvalue weighted by atomic mass is 16.1. The van der Waals surface area contributed by atoms with Crippen molar-refractivity contribution < 1.29 is 4.79 Å². The maximum Gasteiger partial charge on any atom is 0.217 e. The molecule has 0 spiro atoms. The molecule has 3 heterocycles. The lowest BCUT2D eigenvalue weighted by atomic mass is 9.64. The molecule has 5 heteroatoms. The molecule has 2 N–H and O–H groups in total. The Labute approximate surface area is 282 Å². The molecule has 47 heavy (non-hydrogen) atoms. The molecule has 3 aromatic carbocycles. The second-order valence-electron chi connectivity index (χ2n) is 16.1. The van der Waals surface area contributed by atoms with E-state index in [1.807, 2.05) is 0 Å². The third-order valence-corrected chi connectivity index (χ3v) is 11.9. The third-order valence-electron chi connectivity index (χ3n) is 11.9. The molecule has 5 nitrogen and oxygen atoms in total. The van der Waals surface area contributed by atoms with E-state index in [2.05, 4.69) is 105 Å². The Bertz CT molecular complexity index is 1880. The van der Waals surface area contributed by atoms with Crippen LogP contribution < -0.4 is 25.8 Å². The van der Waals surface area contributed by atoms with Gasteiger partial charge in [-0.05, 0) is 128 Å². The van der Waals surface area contributed by atoms with E-state index >= 15 is 0 Å². The number of nitrogens with zero attached hydrogens (tertiary/aromatic N) is 3. The maximum absolute atomic E-state index is 11.5. The van der Waals surface area contributed by atoms with Gasteiger partial charge in [-0.25, -0.2) is 4.58 Å². The molecule has 7 rings (SSSR count). The largest absolute Gasteiger partial charge is 0.370 e. The molecule has 0 saturated heterocycles. The van der Waals surface area contributed by atoms with Gasteiger partial charge < -0.3 is 15.5 Å². The van der Waals surface area contributed by atoms with Gasteiger partial charge in [-0.1, -0.05) is 45.0 Å². The van der Waals surface area contributed by atoms with E-state index in [1.165, 1.54) is 76.6 Å². The molecule has 0 fully saturated rings. The summed E-state index contributed by atoms with van der Waals surface area (Å²) in [6.45, 7) is 19.7. The highest BCUT2D eigenvalue weighted by Crippen LogP contribution is 2.50. The Morgan fingerprint density at radius 2 is 1.79 bits per heavy atom. The summed E-state index contributed by atoms with van der Waals surface area (Å²) in [5.74, 6) is 0.268. The van der Waals surface area contributed by atoms with E-state index in [0.29, 0.717) is 12.3 Å². The molecule has 0 radical (unpaired) electrons. The number of anilines is 1. The zero-order chi connectivity index (χ0) is 33.2. The molecule has 3 aromatic rings. The second-order valence-corrected chi connectivity index (χ2v) is 16.1. The predicted octanol–water partition coefficient (Wildman–Crippen LogP) is 5.77. The van der Waals surface area contributed by atoms with Crippen molar-refractivity contribution in [2.24, 2.45) is 5.73 Å². The fourth-order valence-corrected chi connectivity index (χ4v) is 9.99. The number of carbonyl (C=O) groups excluding carboxylic acids is 1. The zero-order valence-electron chi connectivity index (χ0n) is 29.9. The number of primary amides is 1. The normalized spacial score (nSPS) is 20.4. The van der Waals surface area contributed by atoms with Gasteiger partial charge in [-0.3, -0.25) is 4.79 Å². The minimum Gasteiger partial charge on any atom is -0.370 e. The molecule has 1 atom stereocenters. The van der Waals surface area contributed by atoms with Gasteiger partial charge in [-0.15, -0.1) is 0 Å². The summed E-state index contributed by atoms with van der Waals surface area (Å²) in [5, 5.41) is 3.02. The number of carbonyl (C=O) groups is 1. The highest BCUT2D eigenvalue weighted by molar-refractivity contribution is 5.88. The number of hydrogen-bond acceptors (Lipinski definition) is 3. The number of nitrogens with two attached hydrogens (primary N) is 1. The van der Waals surface area contributed by atoms with Gasteiger partial charge in [0.25, 0.3) is 0 Å². The Balaban J connectivity index is 1.53. The van der Waals surface area contributed by atoms with Crippen molar-refractivity contribution in [2.45, 2.75) is 110 Å². The molecule has 0 bridgehead atoms. The van der Waals surface area contributed by atoms with Crippen LogP contribution in [0.4, 0.5) is 5.69 Å². The average molecular weight is 632 g/mol. The maximum atomic E-state index is 11.5. The van der Waals surface area contributed by atoms with E-state index in [-0.39, 0.29) is 16.9 Å². The first-order valence-corrected chi connectivity index (χ1v) is 18.3. The van der Waals surface area contributed by atoms with Crippen LogP contribution in [0.15, 0.2) is 42.5 Å². The van der Waals surface area contributed by atoms with Crippen molar-refractivity contribution in [1.29, 1.82) is 0 Å². The average Bonchev–Trinajstić information content (AvgIpc) is 3.01. The Kier molecular flexibility index (Phi) is 8.14. The molecular weight excluding hydrogens is 576 g/mol. The topological polar surface area (TPSA) is 52.6 Å². The van der Waals surface area contributed by atoms with Gasteiger partial charge >= 0.3 is 0 Å². The standard InChI is InChI=1S/C42H54N4O/c1-8-46-36-24-35-33(23-32(36)27(2)25-41(46,3)4)38(30-16-10-9-14-29(30)26-44(7)19-13-18-37(43)47)34-22-28-15-11-20-45-21-12-17-31(40(28)45)39(34)42(35,5)6/h9-10,14,16,22-24,27H,8,11-13,15,17-21,25-26H2,1-7H3,(H-,43,47)/p+1. The predicted molar refractivity (Wildman–Crippen MR) is 195 cm³/mol. The molecule has 4 aliphatic rings. The molecule has 1 amide bonds. The van der Waals surface area contributed by atoms with E-state index < -0.39 is 0 Å². The van der Waals surface area contributed by atoms with Gasteiger partial charge in [0.1, 0.15) is 13.1 Å². The summed E-state index contributed by atoms with van der Waals surface area (Å²) in [5.41, 5.74) is 20.1. The lowest BCUT2D eigenvalue weighted by Gasteiger charge is -2.48. The number of aryl methyl sites for hydroxylation is 1. The van der Waals surface area contributed by atoms with Crippen LogP contribution in [0.3, 0.4) is 0 Å². The lowest BCUT2D eigenvalue weighted by molar-refractivity contribution is -0.118. The summed E-state index contributed by atoms with van der Waals surface area (Å²) in [7, 11) is 2.17. The third kappa shape index (κ3) is 5.33. The fourth-order valence-electron chi connectivity index (χ4n) is 9.99. The van der Waals surface area contributed by atoms with Crippen LogP contribution in [0.25, 0.3) is 5.57 Å². The molecule has 1 unspecified atom stereocenters. The molecule has 248 valence electrons. The van der Waals surface area contributed by atoms with Crippen molar-refractivity contribution in [3.05, 3.63) is 97.5 Å². The van der Waals surface area contributed by atoms with Crippen LogP contribution in [-0.4, -0.2) is 49.6 Å². The molecule has 0 saturated carbocycles. The van der Waals surface area contributed by atoms with Gasteiger partial charge in [-0.2, -0.15) is 0 Å². The van der Waals surface area contributed by atoms with Gasteiger partial charge in [0, 0.05) is 60.1 Å². The van der Waals surface area contributed by atoms with Gasteiger partial charge in [0.15, 0.2) is 0 Å². The number of rotatable bonds is 8. The molecule has 3 aliphatic heterocycles. The Hall–Kier alpha value is -3.44. The second kappa shape index (κ2) is 11.9. The molecule has 0 aromatic heterocycles. The summed E-state index contributed by atoms with van der Waals surface area (Å²) in [6, 6.07) is 16.9. The van der Waals surface area contributed by atoms with Crippen LogP contribution in [0.5, 0.6) is 0 Å². The molecular formula is C42H55N4O+. The van der Waals surface area contributed by atoms with E-state index in [1.54, 1.807) is 22.0 Å². The SMILES string of the molecule is CCN1c2cc3c(cc2C(C)CC1(C)C)C(c1ccccc1CN(C)CCCC(N)=O)=c1cc2c4c(c1C3(C)C)CCC[N+]=4CCC2. The first-order valence-electron chi connectivity index (χ1n) is 18.3. The summed E-state index contributed by atoms with van der Waals surface area (Å²) < 4.78 is 2.70. The number of hydrogen-bond donors (Lipinski definition) is 1. The summed E-state index contributed by atoms with van der Waals surface area (Å²) in [6.07, 6.45) is 7.16. The van der Waals surface area contributed by atoms with Gasteiger partial charge in [0.2, 0.25) is 11.3 Å². The summed E-state index contributed by atoms with van der Waals surface area (Å²) in [4.78, 5) is 16.5. The number of amides is 1. The van der Waals surface area contributed by atoms with Gasteiger partial charge in [0.05, 0.1) is 0 Å². The Morgan fingerprint density at radius 1 is 1.04 bits per heavy atom. The van der Waals surface area contributed by atoms with Crippen LogP contribution in [0.2, 0.25) is 0 Å². The monoisotopic (exact) mass is 631 g/mol. The first-order chi connectivity index (χ1) is 22.4. The van der Waals surface area contributed by atoms with Crippen molar-refractivity contribution in [2.75, 3.05) is 38.1 Å². The van der Waals surface area contributed by atoms with Crippen molar-refractivity contribution in [3.63, 3.8) is 0 Å².